The molecule has 0 bridgehead atoms. The highest BCUT2D eigenvalue weighted by molar-refractivity contribution is 6.53. The van der Waals surface area contributed by atoms with Crippen molar-refractivity contribution in [3.05, 3.63) is 70.3 Å². The number of hydrogen-bond acceptors (Lipinski definition) is 3. The van der Waals surface area contributed by atoms with Crippen molar-refractivity contribution in [1.29, 1.82) is 0 Å². The van der Waals surface area contributed by atoms with Crippen LogP contribution in [-0.4, -0.2) is 15.2 Å². The average molecular weight is 351 g/mol. The normalized spacial score (nSPS) is 21.5. The standard InChI is InChI=1S/C16H12Cl2N2O3/c17-16(18)13(10-5-2-1-3-6-10)14(16)15(21)19-11-7-4-8-12(9-11)20(22)23/h1-9,13-14H,(H,19,21). The van der Waals surface area contributed by atoms with E-state index in [9.17, 15) is 14.9 Å². The summed E-state index contributed by atoms with van der Waals surface area (Å²) in [7, 11) is 0. The van der Waals surface area contributed by atoms with Crippen LogP contribution in [0.4, 0.5) is 11.4 Å². The number of amides is 1. The summed E-state index contributed by atoms with van der Waals surface area (Å²) in [6, 6.07) is 15.0. The number of carbonyl (C=O) groups is 1. The van der Waals surface area contributed by atoms with Crippen LogP contribution in [0, 0.1) is 16.0 Å². The maximum absolute atomic E-state index is 12.4. The molecule has 1 aliphatic carbocycles. The van der Waals surface area contributed by atoms with E-state index in [4.69, 9.17) is 23.2 Å². The predicted molar refractivity (Wildman–Crippen MR) is 88.8 cm³/mol. The van der Waals surface area contributed by atoms with Crippen molar-refractivity contribution in [3.63, 3.8) is 0 Å². The molecule has 3 rings (SSSR count). The second-order valence-corrected chi connectivity index (χ2v) is 6.78. The third kappa shape index (κ3) is 3.02. The largest absolute Gasteiger partial charge is 0.325 e. The Morgan fingerprint density at radius 3 is 2.48 bits per heavy atom. The molecule has 1 fully saturated rings. The Bertz CT molecular complexity index is 765. The number of carbonyl (C=O) groups excluding carboxylic acids is 1. The number of non-ortho nitro benzene ring substituents is 1. The van der Waals surface area contributed by atoms with Crippen LogP contribution in [0.25, 0.3) is 0 Å². The van der Waals surface area contributed by atoms with E-state index in [-0.39, 0.29) is 17.5 Å². The minimum atomic E-state index is -1.17. The summed E-state index contributed by atoms with van der Waals surface area (Å²) >= 11 is 12.5. The fourth-order valence-electron chi connectivity index (χ4n) is 2.65. The first-order chi connectivity index (χ1) is 10.9. The molecule has 2 unspecified atom stereocenters. The molecule has 2 aromatic carbocycles. The third-order valence-electron chi connectivity index (χ3n) is 3.82. The number of anilines is 1. The van der Waals surface area contributed by atoms with Gasteiger partial charge < -0.3 is 5.32 Å². The van der Waals surface area contributed by atoms with Crippen molar-refractivity contribution in [3.8, 4) is 0 Å². The van der Waals surface area contributed by atoms with Gasteiger partial charge in [0.2, 0.25) is 5.91 Å². The molecule has 0 radical (unpaired) electrons. The first kappa shape index (κ1) is 15.8. The lowest BCUT2D eigenvalue weighted by Gasteiger charge is -2.04. The number of nitrogens with one attached hydrogen (secondary N) is 1. The number of nitro groups is 1. The summed E-state index contributed by atoms with van der Waals surface area (Å²) in [5, 5.41) is 13.4. The van der Waals surface area contributed by atoms with Gasteiger partial charge in [0.15, 0.2) is 0 Å². The van der Waals surface area contributed by atoms with Crippen LogP contribution in [0.15, 0.2) is 54.6 Å². The van der Waals surface area contributed by atoms with Gasteiger partial charge in [-0.3, -0.25) is 14.9 Å². The van der Waals surface area contributed by atoms with E-state index in [2.05, 4.69) is 5.32 Å². The van der Waals surface area contributed by atoms with E-state index in [1.807, 2.05) is 30.3 Å². The summed E-state index contributed by atoms with van der Waals surface area (Å²) in [5.74, 6) is -1.26. The Labute approximate surface area is 142 Å². The molecular formula is C16H12Cl2N2O3. The molecule has 0 aliphatic heterocycles. The Hall–Kier alpha value is -2.11. The van der Waals surface area contributed by atoms with Gasteiger partial charge in [-0.1, -0.05) is 36.4 Å². The van der Waals surface area contributed by atoms with Gasteiger partial charge >= 0.3 is 0 Å². The van der Waals surface area contributed by atoms with E-state index in [1.54, 1.807) is 6.07 Å². The monoisotopic (exact) mass is 350 g/mol. The fraction of sp³-hybridized carbons (Fsp3) is 0.188. The molecule has 2 atom stereocenters. The molecule has 118 valence electrons. The van der Waals surface area contributed by atoms with Crippen LogP contribution < -0.4 is 5.32 Å². The lowest BCUT2D eigenvalue weighted by molar-refractivity contribution is -0.384. The van der Waals surface area contributed by atoms with Crippen molar-refractivity contribution < 1.29 is 9.72 Å². The highest BCUT2D eigenvalue weighted by Crippen LogP contribution is 2.65. The Kier molecular flexibility index (Phi) is 4.00. The first-order valence-corrected chi connectivity index (χ1v) is 7.65. The van der Waals surface area contributed by atoms with Gasteiger partial charge in [-0.2, -0.15) is 0 Å². The first-order valence-electron chi connectivity index (χ1n) is 6.89. The molecule has 2 aromatic rings. The number of alkyl halides is 2. The zero-order chi connectivity index (χ0) is 16.6. The van der Waals surface area contributed by atoms with Gasteiger partial charge in [-0.05, 0) is 11.6 Å². The maximum atomic E-state index is 12.4. The van der Waals surface area contributed by atoms with Gasteiger partial charge in [0.25, 0.3) is 5.69 Å². The second-order valence-electron chi connectivity index (χ2n) is 5.34. The van der Waals surface area contributed by atoms with Crippen molar-refractivity contribution in [1.82, 2.24) is 0 Å². The zero-order valence-electron chi connectivity index (χ0n) is 11.8. The smallest absolute Gasteiger partial charge is 0.271 e. The molecule has 0 heterocycles. The molecule has 5 nitrogen and oxygen atoms in total. The summed E-state index contributed by atoms with van der Waals surface area (Å²) < 4.78 is -1.17. The molecule has 1 amide bonds. The van der Waals surface area contributed by atoms with E-state index >= 15 is 0 Å². The third-order valence-corrected chi connectivity index (χ3v) is 4.76. The number of nitrogens with zero attached hydrogens (tertiary/aromatic N) is 1. The number of rotatable bonds is 4. The average Bonchev–Trinajstić information content (AvgIpc) is 3.11. The van der Waals surface area contributed by atoms with E-state index in [0.29, 0.717) is 5.69 Å². The minimum Gasteiger partial charge on any atom is -0.325 e. The molecule has 0 spiro atoms. The Morgan fingerprint density at radius 2 is 1.83 bits per heavy atom. The highest BCUT2D eigenvalue weighted by atomic mass is 35.5. The zero-order valence-corrected chi connectivity index (χ0v) is 13.3. The van der Waals surface area contributed by atoms with Crippen LogP contribution in [0.5, 0.6) is 0 Å². The summed E-state index contributed by atoms with van der Waals surface area (Å²) in [5.41, 5.74) is 1.13. The SMILES string of the molecule is O=C(Nc1cccc([N+](=O)[O-])c1)C1C(c2ccccc2)C1(Cl)Cl. The number of nitro benzene ring substituents is 1. The van der Waals surface area contributed by atoms with E-state index in [0.717, 1.165) is 5.56 Å². The lowest BCUT2D eigenvalue weighted by atomic mass is 10.1. The molecule has 0 aromatic heterocycles. The van der Waals surface area contributed by atoms with Crippen molar-refractivity contribution in [2.75, 3.05) is 5.32 Å². The molecule has 1 saturated carbocycles. The Balaban J connectivity index is 1.77. The topological polar surface area (TPSA) is 72.2 Å². The van der Waals surface area contributed by atoms with Crippen LogP contribution in [0.1, 0.15) is 11.5 Å². The summed E-state index contributed by atoms with van der Waals surface area (Å²) in [4.78, 5) is 22.7. The maximum Gasteiger partial charge on any atom is 0.271 e. The van der Waals surface area contributed by atoms with E-state index < -0.39 is 15.2 Å². The van der Waals surface area contributed by atoms with Crippen LogP contribution in [-0.2, 0) is 4.79 Å². The molecule has 1 N–H and O–H groups in total. The quantitative estimate of drug-likeness (QED) is 0.512. The minimum absolute atomic E-state index is 0.0961. The molecule has 23 heavy (non-hydrogen) atoms. The van der Waals surface area contributed by atoms with Gasteiger partial charge in [0.05, 0.1) is 10.8 Å². The fourth-order valence-corrected chi connectivity index (χ4v) is 3.47. The highest BCUT2D eigenvalue weighted by Gasteiger charge is 2.67. The predicted octanol–water partition coefficient (Wildman–Crippen LogP) is 4.12. The van der Waals surface area contributed by atoms with Crippen LogP contribution >= 0.6 is 23.2 Å². The van der Waals surface area contributed by atoms with Gasteiger partial charge in [0, 0.05) is 23.7 Å². The van der Waals surface area contributed by atoms with E-state index in [1.165, 1.54) is 18.2 Å². The summed E-state index contributed by atoms with van der Waals surface area (Å²) in [6.07, 6.45) is 0. The number of hydrogen-bond donors (Lipinski definition) is 1. The second kappa shape index (κ2) is 5.83. The van der Waals surface area contributed by atoms with Crippen molar-refractivity contribution >= 4 is 40.5 Å². The molecule has 0 saturated heterocycles. The van der Waals surface area contributed by atoms with Crippen molar-refractivity contribution in [2.24, 2.45) is 5.92 Å². The molecule has 7 heteroatoms. The van der Waals surface area contributed by atoms with Crippen LogP contribution in [0.2, 0.25) is 0 Å². The van der Waals surface area contributed by atoms with Gasteiger partial charge in [-0.25, -0.2) is 0 Å². The van der Waals surface area contributed by atoms with Crippen LogP contribution in [0.3, 0.4) is 0 Å². The number of benzene rings is 2. The Morgan fingerprint density at radius 1 is 1.13 bits per heavy atom. The van der Waals surface area contributed by atoms with Gasteiger partial charge in [-0.15, -0.1) is 23.2 Å². The number of halogens is 2. The van der Waals surface area contributed by atoms with Crippen molar-refractivity contribution in [2.45, 2.75) is 10.3 Å². The van der Waals surface area contributed by atoms with Gasteiger partial charge in [0.1, 0.15) is 4.33 Å². The summed E-state index contributed by atoms with van der Waals surface area (Å²) in [6.45, 7) is 0. The molecular weight excluding hydrogens is 339 g/mol. The lowest BCUT2D eigenvalue weighted by Crippen LogP contribution is -2.17. The molecule has 1 aliphatic rings.